The van der Waals surface area contributed by atoms with Crippen molar-refractivity contribution in [2.45, 2.75) is 52.5 Å². The van der Waals surface area contributed by atoms with E-state index in [-0.39, 0.29) is 5.41 Å². The lowest BCUT2D eigenvalue weighted by atomic mass is 9.72. The third-order valence-corrected chi connectivity index (χ3v) is 4.38. The Morgan fingerprint density at radius 3 is 2.22 bits per heavy atom. The fraction of sp³-hybridized carbons (Fsp3) is 0.500. The number of aromatic nitrogens is 1. The number of benzene rings is 1. The van der Waals surface area contributed by atoms with Gasteiger partial charge in [0.25, 0.3) is 0 Å². The van der Waals surface area contributed by atoms with E-state index in [1.165, 1.54) is 11.3 Å². The van der Waals surface area contributed by atoms with Crippen molar-refractivity contribution in [1.29, 1.82) is 0 Å². The van der Waals surface area contributed by atoms with Crippen molar-refractivity contribution in [3.8, 4) is 5.75 Å². The van der Waals surface area contributed by atoms with E-state index in [1.54, 1.807) is 0 Å². The van der Waals surface area contributed by atoms with Crippen LogP contribution in [0.3, 0.4) is 0 Å². The second-order valence-corrected chi connectivity index (χ2v) is 5.49. The minimum absolute atomic E-state index is 0.0995. The van der Waals surface area contributed by atoms with Gasteiger partial charge in [-0.05, 0) is 57.1 Å². The number of rotatable bonds is 7. The van der Waals surface area contributed by atoms with Gasteiger partial charge in [0.2, 0.25) is 0 Å². The van der Waals surface area contributed by atoms with Gasteiger partial charge >= 0.3 is 0 Å². The molecule has 0 saturated carbocycles. The predicted molar refractivity (Wildman–Crippen MR) is 99.3 cm³/mol. The maximum Gasteiger partial charge on any atom is 0.119 e. The molecule has 1 aromatic carbocycles. The standard InChI is InChI=1S/C18H26N2O.C2H6/c1-5-16(19-4)18(3,17-8-7-13-20-17)14-9-11-15(12-10-14)21-6-2;1-2/h7-13,16,19-20H,5-6H2,1-4H3;1-2H3. The third kappa shape index (κ3) is 4.17. The number of ether oxygens (including phenoxy) is 1. The number of aromatic amines is 1. The first-order valence-corrected chi connectivity index (χ1v) is 8.71. The maximum atomic E-state index is 5.55. The highest BCUT2D eigenvalue weighted by atomic mass is 16.5. The second-order valence-electron chi connectivity index (χ2n) is 5.49. The molecule has 2 aromatic rings. The van der Waals surface area contributed by atoms with Gasteiger partial charge in [-0.25, -0.2) is 0 Å². The topological polar surface area (TPSA) is 37.0 Å². The summed E-state index contributed by atoms with van der Waals surface area (Å²) in [5.41, 5.74) is 2.42. The Kier molecular flexibility index (Phi) is 7.90. The molecule has 0 bridgehead atoms. The summed E-state index contributed by atoms with van der Waals surface area (Å²) in [5, 5.41) is 3.47. The Hall–Kier alpha value is -1.74. The lowest BCUT2D eigenvalue weighted by Gasteiger charge is -2.37. The van der Waals surface area contributed by atoms with Crippen molar-refractivity contribution in [3.63, 3.8) is 0 Å². The molecular formula is C20H32N2O. The van der Waals surface area contributed by atoms with Gasteiger partial charge in [-0.1, -0.05) is 32.9 Å². The molecule has 23 heavy (non-hydrogen) atoms. The molecule has 2 N–H and O–H groups in total. The van der Waals surface area contributed by atoms with Gasteiger partial charge in [0.15, 0.2) is 0 Å². The average molecular weight is 316 g/mol. The van der Waals surface area contributed by atoms with E-state index in [2.05, 4.69) is 60.5 Å². The molecule has 2 atom stereocenters. The van der Waals surface area contributed by atoms with E-state index in [0.717, 1.165) is 12.2 Å². The molecule has 128 valence electrons. The summed E-state index contributed by atoms with van der Waals surface area (Å²) in [6.45, 7) is 11.2. The highest BCUT2D eigenvalue weighted by molar-refractivity contribution is 5.40. The number of nitrogens with one attached hydrogen (secondary N) is 2. The van der Waals surface area contributed by atoms with E-state index < -0.39 is 0 Å². The van der Waals surface area contributed by atoms with E-state index in [9.17, 15) is 0 Å². The first-order chi connectivity index (χ1) is 11.2. The first kappa shape index (κ1) is 19.3. The summed E-state index contributed by atoms with van der Waals surface area (Å²) in [4.78, 5) is 3.39. The van der Waals surface area contributed by atoms with Gasteiger partial charge in [-0.2, -0.15) is 0 Å². The van der Waals surface area contributed by atoms with Crippen LogP contribution < -0.4 is 10.1 Å². The molecule has 1 heterocycles. The molecule has 2 rings (SSSR count). The summed E-state index contributed by atoms with van der Waals surface area (Å²) >= 11 is 0. The van der Waals surface area contributed by atoms with Crippen molar-refractivity contribution < 1.29 is 4.74 Å². The SMILES string of the molecule is CC.CCOc1ccc(C(C)(c2ccc[nH]2)C(CC)NC)cc1. The summed E-state index contributed by atoms with van der Waals surface area (Å²) in [6.07, 6.45) is 3.05. The van der Waals surface area contributed by atoms with Crippen molar-refractivity contribution >= 4 is 0 Å². The van der Waals surface area contributed by atoms with Crippen LogP contribution in [-0.4, -0.2) is 24.7 Å². The molecule has 3 heteroatoms. The van der Waals surface area contributed by atoms with Crippen molar-refractivity contribution in [1.82, 2.24) is 10.3 Å². The molecule has 0 radical (unpaired) electrons. The zero-order valence-corrected chi connectivity index (χ0v) is 15.4. The Labute approximate surface area is 141 Å². The van der Waals surface area contributed by atoms with Gasteiger partial charge in [0, 0.05) is 23.3 Å². The molecule has 0 aliphatic heterocycles. The van der Waals surface area contributed by atoms with Crippen LogP contribution in [-0.2, 0) is 5.41 Å². The largest absolute Gasteiger partial charge is 0.494 e. The number of H-pyrrole nitrogens is 1. The summed E-state index contributed by atoms with van der Waals surface area (Å²) < 4.78 is 5.55. The molecule has 0 aliphatic rings. The van der Waals surface area contributed by atoms with Crippen LogP contribution >= 0.6 is 0 Å². The van der Waals surface area contributed by atoms with Crippen molar-refractivity contribution in [2.24, 2.45) is 0 Å². The van der Waals surface area contributed by atoms with Gasteiger partial charge in [0.05, 0.1) is 6.61 Å². The Morgan fingerprint density at radius 1 is 1.13 bits per heavy atom. The molecule has 0 fully saturated rings. The van der Waals surface area contributed by atoms with Crippen molar-refractivity contribution in [3.05, 3.63) is 53.9 Å². The average Bonchev–Trinajstić information content (AvgIpc) is 3.13. The highest BCUT2D eigenvalue weighted by Gasteiger charge is 2.36. The normalized spacial score (nSPS) is 14.3. The molecule has 1 aromatic heterocycles. The third-order valence-electron chi connectivity index (χ3n) is 4.38. The predicted octanol–water partition coefficient (Wildman–Crippen LogP) is 4.74. The van der Waals surface area contributed by atoms with E-state index in [0.29, 0.717) is 12.6 Å². The maximum absolute atomic E-state index is 5.55. The second kappa shape index (κ2) is 9.41. The minimum atomic E-state index is -0.0995. The first-order valence-electron chi connectivity index (χ1n) is 8.71. The van der Waals surface area contributed by atoms with Crippen LogP contribution in [0.25, 0.3) is 0 Å². The molecule has 0 aliphatic carbocycles. The van der Waals surface area contributed by atoms with Gasteiger partial charge in [0.1, 0.15) is 5.75 Å². The Morgan fingerprint density at radius 2 is 1.78 bits per heavy atom. The Bertz CT molecular complexity index is 529. The molecule has 2 unspecified atom stereocenters. The summed E-state index contributed by atoms with van der Waals surface area (Å²) in [6, 6.07) is 13.0. The van der Waals surface area contributed by atoms with Gasteiger partial charge in [-0.15, -0.1) is 0 Å². The molecular weight excluding hydrogens is 284 g/mol. The number of likely N-dealkylation sites (N-methyl/N-ethyl adjacent to an activating group) is 1. The smallest absolute Gasteiger partial charge is 0.119 e. The number of hydrogen-bond donors (Lipinski definition) is 2. The number of hydrogen-bond acceptors (Lipinski definition) is 2. The van der Waals surface area contributed by atoms with E-state index in [4.69, 9.17) is 4.74 Å². The zero-order chi connectivity index (χ0) is 17.3. The van der Waals surface area contributed by atoms with Crippen LogP contribution in [0.1, 0.15) is 52.3 Å². The van der Waals surface area contributed by atoms with Crippen molar-refractivity contribution in [2.75, 3.05) is 13.7 Å². The zero-order valence-electron chi connectivity index (χ0n) is 15.4. The monoisotopic (exact) mass is 316 g/mol. The molecule has 0 spiro atoms. The fourth-order valence-corrected chi connectivity index (χ4v) is 3.16. The molecule has 0 saturated heterocycles. The Balaban J connectivity index is 0.00000127. The van der Waals surface area contributed by atoms with Crippen LogP contribution in [0.15, 0.2) is 42.6 Å². The quantitative estimate of drug-likeness (QED) is 0.774. The summed E-state index contributed by atoms with van der Waals surface area (Å²) in [5.74, 6) is 0.924. The van der Waals surface area contributed by atoms with E-state index >= 15 is 0 Å². The van der Waals surface area contributed by atoms with Crippen LogP contribution in [0.4, 0.5) is 0 Å². The van der Waals surface area contributed by atoms with Gasteiger partial charge in [-0.3, -0.25) is 0 Å². The highest BCUT2D eigenvalue weighted by Crippen LogP contribution is 2.36. The lowest BCUT2D eigenvalue weighted by molar-refractivity contribution is 0.338. The fourth-order valence-electron chi connectivity index (χ4n) is 3.16. The van der Waals surface area contributed by atoms with Crippen LogP contribution in [0.5, 0.6) is 5.75 Å². The molecule has 0 amide bonds. The van der Waals surface area contributed by atoms with Crippen LogP contribution in [0.2, 0.25) is 0 Å². The molecule has 3 nitrogen and oxygen atoms in total. The van der Waals surface area contributed by atoms with Crippen LogP contribution in [0, 0.1) is 0 Å². The van der Waals surface area contributed by atoms with E-state index in [1.807, 2.05) is 34.0 Å². The summed E-state index contributed by atoms with van der Waals surface area (Å²) in [7, 11) is 2.03. The minimum Gasteiger partial charge on any atom is -0.494 e. The van der Waals surface area contributed by atoms with Gasteiger partial charge < -0.3 is 15.0 Å². The lowest BCUT2D eigenvalue weighted by Crippen LogP contribution is -2.45.